The molecule has 0 radical (unpaired) electrons. The molecule has 1 N–H and O–H groups in total. The van der Waals surface area contributed by atoms with Crippen LogP contribution in [0.15, 0.2) is 54.6 Å². The molecule has 8 nitrogen and oxygen atoms in total. The summed E-state index contributed by atoms with van der Waals surface area (Å²) in [7, 11) is 0. The van der Waals surface area contributed by atoms with Crippen LogP contribution in [0.4, 0.5) is 17.1 Å². The second kappa shape index (κ2) is 8.05. The van der Waals surface area contributed by atoms with Crippen molar-refractivity contribution < 1.29 is 19.2 Å². The highest BCUT2D eigenvalue weighted by atomic mass is 16.2. The molecule has 0 saturated carbocycles. The molecule has 1 fully saturated rings. The SMILES string of the molecule is CC(=O)Nc1ccc(N2C(=O)c3cccc4c(N5CCN(C=O)CC5)ccc(c34)C2=O)cc1. The molecule has 3 aromatic rings. The number of hydrogen-bond acceptors (Lipinski definition) is 5. The van der Waals surface area contributed by atoms with Crippen LogP contribution in [-0.2, 0) is 9.59 Å². The van der Waals surface area contributed by atoms with Gasteiger partial charge in [-0.15, -0.1) is 0 Å². The molecule has 8 heteroatoms. The number of benzene rings is 3. The summed E-state index contributed by atoms with van der Waals surface area (Å²) in [5, 5.41) is 4.19. The summed E-state index contributed by atoms with van der Waals surface area (Å²) in [6.45, 7) is 4.05. The third-order valence-corrected chi connectivity index (χ3v) is 6.13. The second-order valence-electron chi connectivity index (χ2n) is 8.16. The smallest absolute Gasteiger partial charge is 0.265 e. The van der Waals surface area contributed by atoms with E-state index in [2.05, 4.69) is 10.2 Å². The van der Waals surface area contributed by atoms with Gasteiger partial charge in [0.2, 0.25) is 12.3 Å². The van der Waals surface area contributed by atoms with Crippen molar-refractivity contribution in [3.63, 3.8) is 0 Å². The Kier molecular flexibility index (Phi) is 5.05. The number of rotatable bonds is 4. The summed E-state index contributed by atoms with van der Waals surface area (Å²) in [6, 6.07) is 15.8. The average molecular weight is 442 g/mol. The van der Waals surface area contributed by atoms with Crippen LogP contribution in [0.2, 0.25) is 0 Å². The van der Waals surface area contributed by atoms with Gasteiger partial charge in [-0.3, -0.25) is 19.2 Å². The Morgan fingerprint density at radius 3 is 2.18 bits per heavy atom. The topological polar surface area (TPSA) is 90.0 Å². The highest BCUT2D eigenvalue weighted by Gasteiger charge is 2.35. The van der Waals surface area contributed by atoms with Crippen molar-refractivity contribution in [3.05, 3.63) is 65.7 Å². The number of anilines is 3. The van der Waals surface area contributed by atoms with Gasteiger partial charge in [0.15, 0.2) is 0 Å². The Morgan fingerprint density at radius 2 is 1.55 bits per heavy atom. The maximum Gasteiger partial charge on any atom is 0.265 e. The number of carbonyl (C=O) groups is 4. The van der Waals surface area contributed by atoms with E-state index in [1.54, 1.807) is 41.3 Å². The highest BCUT2D eigenvalue weighted by molar-refractivity contribution is 6.36. The van der Waals surface area contributed by atoms with E-state index in [1.165, 1.54) is 11.8 Å². The van der Waals surface area contributed by atoms with E-state index in [9.17, 15) is 19.2 Å². The van der Waals surface area contributed by atoms with Gasteiger partial charge in [0, 0.05) is 66.4 Å². The van der Waals surface area contributed by atoms with Gasteiger partial charge in [-0.2, -0.15) is 0 Å². The van der Waals surface area contributed by atoms with Gasteiger partial charge < -0.3 is 15.1 Å². The molecule has 5 rings (SSSR count). The first-order valence-corrected chi connectivity index (χ1v) is 10.7. The van der Waals surface area contributed by atoms with E-state index in [4.69, 9.17) is 0 Å². The molecule has 0 bridgehead atoms. The van der Waals surface area contributed by atoms with Crippen LogP contribution in [-0.4, -0.2) is 55.2 Å². The molecule has 0 spiro atoms. The molecule has 0 unspecified atom stereocenters. The van der Waals surface area contributed by atoms with Crippen LogP contribution in [0.1, 0.15) is 27.6 Å². The fourth-order valence-electron chi connectivity index (χ4n) is 4.56. The first kappa shape index (κ1) is 20.7. The molecule has 1 saturated heterocycles. The molecule has 33 heavy (non-hydrogen) atoms. The third-order valence-electron chi connectivity index (χ3n) is 6.13. The summed E-state index contributed by atoms with van der Waals surface area (Å²) in [4.78, 5) is 54.3. The van der Waals surface area contributed by atoms with Gasteiger partial charge >= 0.3 is 0 Å². The van der Waals surface area contributed by atoms with Crippen molar-refractivity contribution in [2.24, 2.45) is 0 Å². The van der Waals surface area contributed by atoms with Gasteiger partial charge in [0.25, 0.3) is 11.8 Å². The third kappa shape index (κ3) is 3.49. The van der Waals surface area contributed by atoms with Crippen LogP contribution in [0.5, 0.6) is 0 Å². The van der Waals surface area contributed by atoms with E-state index >= 15 is 0 Å². The van der Waals surface area contributed by atoms with E-state index in [-0.39, 0.29) is 17.7 Å². The molecule has 4 amide bonds. The van der Waals surface area contributed by atoms with E-state index in [0.29, 0.717) is 54.1 Å². The average Bonchev–Trinajstić information content (AvgIpc) is 2.83. The number of carbonyl (C=O) groups excluding carboxylic acids is 4. The van der Waals surface area contributed by atoms with Crippen molar-refractivity contribution >= 4 is 52.0 Å². The lowest BCUT2D eigenvalue weighted by molar-refractivity contribution is -0.118. The summed E-state index contributed by atoms with van der Waals surface area (Å²) < 4.78 is 0. The van der Waals surface area contributed by atoms with Gasteiger partial charge in [0.1, 0.15) is 0 Å². The molecular weight excluding hydrogens is 420 g/mol. The van der Waals surface area contributed by atoms with Crippen molar-refractivity contribution in [2.75, 3.05) is 41.3 Å². The lowest BCUT2D eigenvalue weighted by Crippen LogP contribution is -2.46. The first-order valence-electron chi connectivity index (χ1n) is 10.7. The Labute approximate surface area is 190 Å². The number of piperazine rings is 1. The molecule has 2 heterocycles. The second-order valence-corrected chi connectivity index (χ2v) is 8.16. The zero-order valence-electron chi connectivity index (χ0n) is 18.1. The van der Waals surface area contributed by atoms with Crippen molar-refractivity contribution in [3.8, 4) is 0 Å². The minimum Gasteiger partial charge on any atom is -0.367 e. The summed E-state index contributed by atoms with van der Waals surface area (Å²) in [5.41, 5.74) is 2.93. The van der Waals surface area contributed by atoms with Gasteiger partial charge in [-0.25, -0.2) is 4.90 Å². The number of nitrogens with zero attached hydrogens (tertiary/aromatic N) is 3. The molecule has 2 aliphatic rings. The predicted molar refractivity (Wildman–Crippen MR) is 126 cm³/mol. The highest BCUT2D eigenvalue weighted by Crippen LogP contribution is 2.37. The first-order chi connectivity index (χ1) is 16.0. The molecule has 0 aliphatic carbocycles. The van der Waals surface area contributed by atoms with Crippen LogP contribution in [0.25, 0.3) is 10.8 Å². The predicted octanol–water partition coefficient (Wildman–Crippen LogP) is 2.88. The maximum atomic E-state index is 13.4. The summed E-state index contributed by atoms with van der Waals surface area (Å²) in [5.74, 6) is -0.960. The number of amides is 4. The monoisotopic (exact) mass is 442 g/mol. The van der Waals surface area contributed by atoms with Gasteiger partial charge in [0.05, 0.1) is 5.69 Å². The van der Waals surface area contributed by atoms with Crippen LogP contribution < -0.4 is 15.1 Å². The number of nitrogens with one attached hydrogen (secondary N) is 1. The van der Waals surface area contributed by atoms with Crippen molar-refractivity contribution in [2.45, 2.75) is 6.92 Å². The van der Waals surface area contributed by atoms with E-state index < -0.39 is 0 Å². The zero-order chi connectivity index (χ0) is 23.1. The zero-order valence-corrected chi connectivity index (χ0v) is 18.1. The maximum absolute atomic E-state index is 13.4. The molecule has 0 atom stereocenters. The Morgan fingerprint density at radius 1 is 0.879 bits per heavy atom. The fraction of sp³-hybridized carbons (Fsp3) is 0.200. The molecule has 3 aromatic carbocycles. The van der Waals surface area contributed by atoms with E-state index in [0.717, 1.165) is 17.5 Å². The van der Waals surface area contributed by atoms with Gasteiger partial charge in [-0.1, -0.05) is 12.1 Å². The van der Waals surface area contributed by atoms with Gasteiger partial charge in [-0.05, 0) is 42.5 Å². The van der Waals surface area contributed by atoms with Crippen LogP contribution in [0.3, 0.4) is 0 Å². The number of imide groups is 1. The summed E-state index contributed by atoms with van der Waals surface area (Å²) >= 11 is 0. The number of hydrogen-bond donors (Lipinski definition) is 1. The molecular formula is C25H22N4O4. The Balaban J connectivity index is 1.54. The van der Waals surface area contributed by atoms with Crippen LogP contribution in [0, 0.1) is 0 Å². The largest absolute Gasteiger partial charge is 0.367 e. The van der Waals surface area contributed by atoms with Crippen LogP contribution >= 0.6 is 0 Å². The summed E-state index contributed by atoms with van der Waals surface area (Å²) in [6.07, 6.45) is 0.865. The van der Waals surface area contributed by atoms with Crippen molar-refractivity contribution in [1.82, 2.24) is 4.90 Å². The lowest BCUT2D eigenvalue weighted by Gasteiger charge is -2.35. The quantitative estimate of drug-likeness (QED) is 0.496. The molecule has 166 valence electrons. The molecule has 2 aliphatic heterocycles. The standard InChI is InChI=1S/C25H22N4O4/c1-16(31)26-17-5-7-18(8-6-17)29-24(32)20-4-2-3-19-22(10-9-21(23(19)20)25(29)33)28-13-11-27(15-30)12-14-28/h2-10,15H,11-14H2,1H3,(H,26,31). The van der Waals surface area contributed by atoms with E-state index in [1.807, 2.05) is 18.2 Å². The Bertz CT molecular complexity index is 1270. The lowest BCUT2D eigenvalue weighted by atomic mass is 9.92. The minimum absolute atomic E-state index is 0.197. The normalized spacial score (nSPS) is 15.7. The fourth-order valence-corrected chi connectivity index (χ4v) is 4.56. The Hall–Kier alpha value is -4.20. The van der Waals surface area contributed by atoms with Crippen molar-refractivity contribution in [1.29, 1.82) is 0 Å². The minimum atomic E-state index is -0.381. The molecule has 0 aromatic heterocycles.